The van der Waals surface area contributed by atoms with Gasteiger partial charge < -0.3 is 21.3 Å². The fourth-order valence-electron chi connectivity index (χ4n) is 2.96. The van der Waals surface area contributed by atoms with E-state index in [-0.39, 0.29) is 6.03 Å². The highest BCUT2D eigenvalue weighted by atomic mass is 32.2. The lowest BCUT2D eigenvalue weighted by Crippen LogP contribution is -2.58. The maximum atomic E-state index is 12.4. The molecule has 1 heterocycles. The number of hydrogen-bond donors (Lipinski definition) is 5. The normalized spacial score (nSPS) is 17.7. The number of urea groups is 1. The second-order valence-electron chi connectivity index (χ2n) is 7.00. The fraction of sp³-hybridized carbons (Fsp3) is 0.300. The number of fused-ring (bicyclic) bond motifs is 1. The maximum absolute atomic E-state index is 12.4. The van der Waals surface area contributed by atoms with Gasteiger partial charge in [0.15, 0.2) is 6.29 Å². The van der Waals surface area contributed by atoms with E-state index in [1.165, 1.54) is 0 Å². The van der Waals surface area contributed by atoms with Crippen LogP contribution in [0.15, 0.2) is 59.2 Å². The predicted octanol–water partition coefficient (Wildman–Crippen LogP) is 1.68. The number of amidine groups is 1. The number of nitrogens with one attached hydrogen (secondary N) is 5. The first kappa shape index (κ1) is 21.6. The summed E-state index contributed by atoms with van der Waals surface area (Å²) in [7, 11) is -3.19. The first-order valence-electron chi connectivity index (χ1n) is 9.55. The van der Waals surface area contributed by atoms with E-state index in [4.69, 9.17) is 0 Å². The third-order valence-electron chi connectivity index (χ3n) is 4.28. The molecule has 0 bridgehead atoms. The van der Waals surface area contributed by atoms with Crippen molar-refractivity contribution < 1.29 is 13.2 Å². The molecule has 2 aromatic rings. The topological polar surface area (TPSA) is 124 Å². The zero-order valence-electron chi connectivity index (χ0n) is 16.9. The van der Waals surface area contributed by atoms with E-state index in [1.807, 2.05) is 55.5 Å². The first-order valence-corrected chi connectivity index (χ1v) is 11.4. The van der Waals surface area contributed by atoms with Gasteiger partial charge in [-0.3, -0.25) is 4.99 Å². The van der Waals surface area contributed by atoms with Crippen LogP contribution >= 0.6 is 0 Å². The Bertz CT molecular complexity index is 1080. The molecule has 0 aromatic heterocycles. The largest absolute Gasteiger partial charge is 0.352 e. The number of nitrogens with zero attached hydrogens (tertiary/aromatic N) is 1. The Morgan fingerprint density at radius 1 is 1.13 bits per heavy atom. The molecule has 0 saturated carbocycles. The summed E-state index contributed by atoms with van der Waals surface area (Å²) in [5.41, 5.74) is 1.54. The Labute approximate surface area is 176 Å². The molecule has 2 amide bonds. The summed E-state index contributed by atoms with van der Waals surface area (Å²) in [4.78, 5) is 16.8. The monoisotopic (exact) mass is 430 g/mol. The first-order chi connectivity index (χ1) is 14.3. The van der Waals surface area contributed by atoms with Crippen LogP contribution in [-0.4, -0.2) is 45.9 Å². The van der Waals surface area contributed by atoms with Gasteiger partial charge in [0.25, 0.3) is 0 Å². The molecule has 2 aromatic carbocycles. The van der Waals surface area contributed by atoms with Crippen molar-refractivity contribution >= 4 is 38.3 Å². The molecule has 5 N–H and O–H groups in total. The lowest BCUT2D eigenvalue weighted by atomic mass is 10.1. The summed E-state index contributed by atoms with van der Waals surface area (Å²) in [6.07, 6.45) is 2.99. The van der Waals surface area contributed by atoms with E-state index < -0.39 is 16.3 Å². The van der Waals surface area contributed by atoms with Gasteiger partial charge in [0, 0.05) is 24.5 Å². The van der Waals surface area contributed by atoms with Crippen LogP contribution in [0.25, 0.3) is 10.8 Å². The average Bonchev–Trinajstić information content (AvgIpc) is 2.66. The number of benzene rings is 2. The number of carbonyl (C=O) groups is 1. The molecule has 1 unspecified atom stereocenters. The van der Waals surface area contributed by atoms with Gasteiger partial charge in [-0.25, -0.2) is 17.9 Å². The van der Waals surface area contributed by atoms with Crippen molar-refractivity contribution in [2.24, 2.45) is 4.99 Å². The summed E-state index contributed by atoms with van der Waals surface area (Å²) < 4.78 is 24.5. The number of aliphatic imine (C=N–C) groups is 1. The van der Waals surface area contributed by atoms with E-state index in [0.29, 0.717) is 31.0 Å². The van der Waals surface area contributed by atoms with Crippen LogP contribution in [0.3, 0.4) is 0 Å². The van der Waals surface area contributed by atoms with E-state index in [0.717, 1.165) is 22.7 Å². The second kappa shape index (κ2) is 9.59. The summed E-state index contributed by atoms with van der Waals surface area (Å²) in [5, 5.41) is 14.0. The standard InChI is InChI=1S/C20H26N6O3S/c1-14-12-18(21-10-5-11-22-30(2,28)29)25-19(23-14)26-20(27)24-17-9-8-15-6-3-4-7-16(15)13-17/h3-4,6-9,12-13,19,22-23H,5,10-11H2,1-2H3,(H,21,25)(H2,24,26,27). The van der Waals surface area contributed by atoms with Gasteiger partial charge in [0.1, 0.15) is 5.84 Å². The number of anilines is 1. The Kier molecular flexibility index (Phi) is 6.91. The van der Waals surface area contributed by atoms with Gasteiger partial charge in [-0.05, 0) is 42.3 Å². The van der Waals surface area contributed by atoms with Gasteiger partial charge in [0.05, 0.1) is 6.26 Å². The third kappa shape index (κ3) is 6.75. The lowest BCUT2D eigenvalue weighted by molar-refractivity contribution is 0.245. The minimum Gasteiger partial charge on any atom is -0.352 e. The summed E-state index contributed by atoms with van der Waals surface area (Å²) in [6.45, 7) is 2.65. The van der Waals surface area contributed by atoms with Gasteiger partial charge in [-0.15, -0.1) is 0 Å². The third-order valence-corrected chi connectivity index (χ3v) is 5.01. The van der Waals surface area contributed by atoms with Crippen LogP contribution in [0.1, 0.15) is 13.3 Å². The van der Waals surface area contributed by atoms with Crippen molar-refractivity contribution in [1.29, 1.82) is 0 Å². The zero-order valence-corrected chi connectivity index (χ0v) is 17.7. The Balaban J connectivity index is 1.52. The SMILES string of the molecule is CC1=CC(=NCCCNS(C)(=O)=O)NC(NC(=O)Nc2ccc3ccccc3c2)N1. The number of carbonyl (C=O) groups excluding carboxylic acids is 1. The fourth-order valence-corrected chi connectivity index (χ4v) is 3.48. The van der Waals surface area contributed by atoms with Gasteiger partial charge in [0.2, 0.25) is 10.0 Å². The molecular formula is C20H26N6O3S. The average molecular weight is 431 g/mol. The predicted molar refractivity (Wildman–Crippen MR) is 120 cm³/mol. The van der Waals surface area contributed by atoms with E-state index in [9.17, 15) is 13.2 Å². The highest BCUT2D eigenvalue weighted by Gasteiger charge is 2.17. The van der Waals surface area contributed by atoms with Crippen molar-refractivity contribution in [2.45, 2.75) is 19.6 Å². The van der Waals surface area contributed by atoms with Crippen LogP contribution in [0, 0.1) is 0 Å². The van der Waals surface area contributed by atoms with Crippen molar-refractivity contribution in [3.8, 4) is 0 Å². The molecule has 1 atom stereocenters. The molecule has 0 spiro atoms. The Morgan fingerprint density at radius 3 is 2.67 bits per heavy atom. The molecule has 0 aliphatic carbocycles. The molecular weight excluding hydrogens is 404 g/mol. The summed E-state index contributed by atoms with van der Waals surface area (Å²) in [6, 6.07) is 13.3. The minimum atomic E-state index is -3.19. The zero-order chi connectivity index (χ0) is 21.6. The molecule has 30 heavy (non-hydrogen) atoms. The van der Waals surface area contributed by atoms with Gasteiger partial charge in [-0.1, -0.05) is 30.3 Å². The molecule has 0 radical (unpaired) electrons. The number of allylic oxidation sites excluding steroid dienone is 1. The molecule has 10 heteroatoms. The summed E-state index contributed by atoms with van der Waals surface area (Å²) in [5.74, 6) is 0.613. The molecule has 160 valence electrons. The molecule has 0 saturated heterocycles. The minimum absolute atomic E-state index is 0.326. The highest BCUT2D eigenvalue weighted by molar-refractivity contribution is 7.88. The lowest BCUT2D eigenvalue weighted by Gasteiger charge is -2.27. The van der Waals surface area contributed by atoms with Crippen molar-refractivity contribution in [1.82, 2.24) is 20.7 Å². The molecule has 1 aliphatic heterocycles. The van der Waals surface area contributed by atoms with Crippen LogP contribution in [0.5, 0.6) is 0 Å². The van der Waals surface area contributed by atoms with Crippen LogP contribution in [0.4, 0.5) is 10.5 Å². The van der Waals surface area contributed by atoms with E-state index in [1.54, 1.807) is 0 Å². The number of sulfonamides is 1. The van der Waals surface area contributed by atoms with Crippen molar-refractivity contribution in [3.63, 3.8) is 0 Å². The maximum Gasteiger partial charge on any atom is 0.322 e. The number of rotatable bonds is 7. The number of amides is 2. The second-order valence-corrected chi connectivity index (χ2v) is 8.83. The smallest absolute Gasteiger partial charge is 0.322 e. The van der Waals surface area contributed by atoms with E-state index in [2.05, 4.69) is 31.0 Å². The Hall–Kier alpha value is -3.11. The highest BCUT2D eigenvalue weighted by Crippen LogP contribution is 2.18. The Morgan fingerprint density at radius 2 is 1.90 bits per heavy atom. The molecule has 9 nitrogen and oxygen atoms in total. The van der Waals surface area contributed by atoms with Crippen LogP contribution in [0.2, 0.25) is 0 Å². The molecule has 0 fully saturated rings. The van der Waals surface area contributed by atoms with Gasteiger partial charge >= 0.3 is 6.03 Å². The molecule has 3 rings (SSSR count). The van der Waals surface area contributed by atoms with Crippen LogP contribution in [-0.2, 0) is 10.0 Å². The van der Waals surface area contributed by atoms with Crippen molar-refractivity contribution in [3.05, 3.63) is 54.2 Å². The van der Waals surface area contributed by atoms with Crippen molar-refractivity contribution in [2.75, 3.05) is 24.7 Å². The van der Waals surface area contributed by atoms with Gasteiger partial charge in [-0.2, -0.15) is 0 Å². The summed E-state index contributed by atoms with van der Waals surface area (Å²) >= 11 is 0. The quantitative estimate of drug-likeness (QED) is 0.428. The number of hydrogen-bond acceptors (Lipinski definition) is 5. The molecule has 1 aliphatic rings. The van der Waals surface area contributed by atoms with Crippen LogP contribution < -0.4 is 26.0 Å². The van der Waals surface area contributed by atoms with E-state index >= 15 is 0 Å².